The van der Waals surface area contributed by atoms with E-state index in [-0.39, 0.29) is 6.04 Å². The van der Waals surface area contributed by atoms with Gasteiger partial charge < -0.3 is 4.90 Å². The van der Waals surface area contributed by atoms with Crippen molar-refractivity contribution in [3.8, 4) is 5.69 Å². The summed E-state index contributed by atoms with van der Waals surface area (Å²) in [6, 6.07) is 6.38. The first-order chi connectivity index (χ1) is 12.8. The Morgan fingerprint density at radius 2 is 1.85 bits per heavy atom. The van der Waals surface area contributed by atoms with Crippen LogP contribution in [0.4, 0.5) is 13.2 Å². The maximum absolute atomic E-state index is 13.8. The van der Waals surface area contributed by atoms with Crippen LogP contribution in [0.15, 0.2) is 35.1 Å². The number of amides is 1. The molecule has 1 fully saturated rings. The van der Waals surface area contributed by atoms with Crippen LogP contribution in [0.5, 0.6) is 0 Å². The second-order valence-corrected chi connectivity index (χ2v) is 7.58. The first-order valence-corrected chi connectivity index (χ1v) is 9.83. The van der Waals surface area contributed by atoms with Gasteiger partial charge in [-0.25, -0.2) is 4.98 Å². The van der Waals surface area contributed by atoms with E-state index in [2.05, 4.69) is 20.9 Å². The Bertz CT molecular complexity index is 796. The molecule has 1 saturated carbocycles. The van der Waals surface area contributed by atoms with Gasteiger partial charge in [0.15, 0.2) is 11.4 Å². The Morgan fingerprint density at radius 1 is 1.22 bits per heavy atom. The third kappa shape index (κ3) is 4.20. The van der Waals surface area contributed by atoms with E-state index in [1.54, 1.807) is 36.1 Å². The molecule has 0 unspecified atom stereocenters. The summed E-state index contributed by atoms with van der Waals surface area (Å²) in [6.45, 7) is 2.16. The number of imidazole rings is 1. The predicted octanol–water partition coefficient (Wildman–Crippen LogP) is 5.45. The minimum absolute atomic E-state index is 0.0184. The summed E-state index contributed by atoms with van der Waals surface area (Å²) in [5, 5.41) is 0. The topological polar surface area (TPSA) is 38.1 Å². The molecule has 0 aliphatic heterocycles. The van der Waals surface area contributed by atoms with Crippen molar-refractivity contribution in [3.63, 3.8) is 0 Å². The van der Waals surface area contributed by atoms with Crippen LogP contribution in [0.1, 0.15) is 55.2 Å². The maximum atomic E-state index is 13.8. The number of rotatable bonds is 4. The molecule has 1 aromatic heterocycles. The monoisotopic (exact) mass is 443 g/mol. The third-order valence-corrected chi connectivity index (χ3v) is 5.49. The Kier molecular flexibility index (Phi) is 5.93. The minimum atomic E-state index is -4.69. The fraction of sp³-hybridized carbons (Fsp3) is 0.474. The quantitative estimate of drug-likeness (QED) is 0.629. The van der Waals surface area contributed by atoms with Crippen molar-refractivity contribution < 1.29 is 18.0 Å². The summed E-state index contributed by atoms with van der Waals surface area (Å²) in [5.41, 5.74) is -1.25. The largest absolute Gasteiger partial charge is 0.434 e. The molecule has 8 heteroatoms. The number of aromatic nitrogens is 2. The van der Waals surface area contributed by atoms with Crippen LogP contribution in [-0.2, 0) is 6.18 Å². The molecule has 0 radical (unpaired) electrons. The highest BCUT2D eigenvalue weighted by atomic mass is 79.9. The van der Waals surface area contributed by atoms with Gasteiger partial charge in [0.05, 0.1) is 0 Å². The average Bonchev–Trinajstić information content (AvgIpc) is 3.09. The zero-order valence-corrected chi connectivity index (χ0v) is 16.6. The molecule has 1 heterocycles. The standard InChI is InChI=1S/C19H21BrF3N3O/c1-2-25(14-6-4-3-5-7-14)18(27)16-17(19(21,22)23)26(12-24-16)15-10-8-13(20)9-11-15/h8-12,14H,2-7H2,1H3. The van der Waals surface area contributed by atoms with Gasteiger partial charge in [0.2, 0.25) is 0 Å². The highest BCUT2D eigenvalue weighted by Crippen LogP contribution is 2.35. The van der Waals surface area contributed by atoms with E-state index in [9.17, 15) is 18.0 Å². The van der Waals surface area contributed by atoms with E-state index >= 15 is 0 Å². The van der Waals surface area contributed by atoms with Gasteiger partial charge in [0.1, 0.15) is 6.33 Å². The first kappa shape index (κ1) is 19.9. The summed E-state index contributed by atoms with van der Waals surface area (Å²) in [5.74, 6) is -0.646. The van der Waals surface area contributed by atoms with Crippen molar-refractivity contribution in [2.45, 2.75) is 51.2 Å². The van der Waals surface area contributed by atoms with Gasteiger partial charge in [-0.05, 0) is 44.0 Å². The van der Waals surface area contributed by atoms with E-state index in [1.165, 1.54) is 0 Å². The number of halogens is 4. The molecule has 0 N–H and O–H groups in total. The van der Waals surface area contributed by atoms with Crippen LogP contribution in [0.3, 0.4) is 0 Å². The van der Waals surface area contributed by atoms with Gasteiger partial charge in [-0.1, -0.05) is 35.2 Å². The van der Waals surface area contributed by atoms with Gasteiger partial charge in [0.25, 0.3) is 5.91 Å². The number of alkyl halides is 3. The minimum Gasteiger partial charge on any atom is -0.335 e. The molecule has 2 aromatic rings. The zero-order valence-electron chi connectivity index (χ0n) is 15.0. The summed E-state index contributed by atoms with van der Waals surface area (Å²) < 4.78 is 43.2. The molecular formula is C19H21BrF3N3O. The van der Waals surface area contributed by atoms with Crippen molar-refractivity contribution in [2.75, 3.05) is 6.54 Å². The van der Waals surface area contributed by atoms with Crippen LogP contribution in [-0.4, -0.2) is 32.9 Å². The van der Waals surface area contributed by atoms with Crippen molar-refractivity contribution in [2.24, 2.45) is 0 Å². The first-order valence-electron chi connectivity index (χ1n) is 9.04. The molecule has 1 aliphatic carbocycles. The van der Waals surface area contributed by atoms with Crippen LogP contribution in [0.25, 0.3) is 5.69 Å². The van der Waals surface area contributed by atoms with Crippen LogP contribution < -0.4 is 0 Å². The van der Waals surface area contributed by atoms with Crippen LogP contribution >= 0.6 is 15.9 Å². The SMILES string of the molecule is CCN(C(=O)c1ncn(-c2ccc(Br)cc2)c1C(F)(F)F)C1CCCCC1. The van der Waals surface area contributed by atoms with Crippen molar-refractivity contribution in [1.82, 2.24) is 14.5 Å². The highest BCUT2D eigenvalue weighted by Gasteiger charge is 2.42. The maximum Gasteiger partial charge on any atom is 0.434 e. The van der Waals surface area contributed by atoms with E-state index in [1.807, 2.05) is 0 Å². The summed E-state index contributed by atoms with van der Waals surface area (Å²) in [6.07, 6.45) is 1.13. The normalized spacial score (nSPS) is 15.7. The molecule has 4 nitrogen and oxygen atoms in total. The Balaban J connectivity index is 2.01. The van der Waals surface area contributed by atoms with Crippen molar-refractivity contribution in [3.05, 3.63) is 46.5 Å². The lowest BCUT2D eigenvalue weighted by molar-refractivity contribution is -0.142. The lowest BCUT2D eigenvalue weighted by Crippen LogP contribution is -2.42. The third-order valence-electron chi connectivity index (χ3n) is 4.96. The van der Waals surface area contributed by atoms with Gasteiger partial charge in [0, 0.05) is 22.7 Å². The molecule has 1 aliphatic rings. The molecule has 3 rings (SSSR count). The number of carbonyl (C=O) groups excluding carboxylic acids is 1. The predicted molar refractivity (Wildman–Crippen MR) is 99.8 cm³/mol. The fourth-order valence-corrected chi connectivity index (χ4v) is 3.93. The van der Waals surface area contributed by atoms with E-state index < -0.39 is 23.5 Å². The molecule has 0 bridgehead atoms. The molecule has 1 aromatic carbocycles. The molecule has 27 heavy (non-hydrogen) atoms. The summed E-state index contributed by atoms with van der Waals surface area (Å²) in [7, 11) is 0. The smallest absolute Gasteiger partial charge is 0.335 e. The van der Waals surface area contributed by atoms with Gasteiger partial charge in [-0.3, -0.25) is 9.36 Å². The van der Waals surface area contributed by atoms with E-state index in [4.69, 9.17) is 0 Å². The second kappa shape index (κ2) is 8.04. The molecule has 0 atom stereocenters. The zero-order chi connectivity index (χ0) is 19.6. The van der Waals surface area contributed by atoms with Crippen molar-refractivity contribution >= 4 is 21.8 Å². The number of carbonyl (C=O) groups is 1. The molecular weight excluding hydrogens is 423 g/mol. The summed E-state index contributed by atoms with van der Waals surface area (Å²) in [4.78, 5) is 18.4. The van der Waals surface area contributed by atoms with Crippen molar-refractivity contribution in [1.29, 1.82) is 0 Å². The molecule has 146 valence electrons. The summed E-state index contributed by atoms with van der Waals surface area (Å²) >= 11 is 3.27. The fourth-order valence-electron chi connectivity index (χ4n) is 3.67. The Labute approximate surface area is 164 Å². The number of benzene rings is 1. The number of hydrogen-bond acceptors (Lipinski definition) is 2. The molecule has 1 amide bonds. The number of nitrogens with zero attached hydrogens (tertiary/aromatic N) is 3. The van der Waals surface area contributed by atoms with Gasteiger partial charge in [-0.2, -0.15) is 13.2 Å². The van der Waals surface area contributed by atoms with Gasteiger partial charge in [-0.15, -0.1) is 0 Å². The van der Waals surface area contributed by atoms with E-state index in [0.29, 0.717) is 12.2 Å². The lowest BCUT2D eigenvalue weighted by Gasteiger charge is -2.33. The average molecular weight is 444 g/mol. The van der Waals surface area contributed by atoms with E-state index in [0.717, 1.165) is 47.5 Å². The second-order valence-electron chi connectivity index (χ2n) is 6.67. The lowest BCUT2D eigenvalue weighted by atomic mass is 9.94. The Hall–Kier alpha value is -1.83. The van der Waals surface area contributed by atoms with Crippen LogP contribution in [0, 0.1) is 0 Å². The van der Waals surface area contributed by atoms with Crippen LogP contribution in [0.2, 0.25) is 0 Å². The molecule has 0 spiro atoms. The van der Waals surface area contributed by atoms with Gasteiger partial charge >= 0.3 is 6.18 Å². The Morgan fingerprint density at radius 3 is 2.41 bits per heavy atom. The molecule has 0 saturated heterocycles. The highest BCUT2D eigenvalue weighted by molar-refractivity contribution is 9.10. The number of hydrogen-bond donors (Lipinski definition) is 0.